The molecule has 1 atom stereocenters. The van der Waals surface area contributed by atoms with Crippen LogP contribution in [0.25, 0.3) is 0 Å². The van der Waals surface area contributed by atoms with Crippen LogP contribution >= 0.6 is 0 Å². The van der Waals surface area contributed by atoms with Crippen molar-refractivity contribution in [2.24, 2.45) is 5.41 Å². The van der Waals surface area contributed by atoms with Crippen LogP contribution in [0.1, 0.15) is 57.4 Å². The van der Waals surface area contributed by atoms with Gasteiger partial charge in [0, 0.05) is 12.8 Å². The molecule has 1 aliphatic carbocycles. The number of aliphatic hydroxyl groups is 1. The van der Waals surface area contributed by atoms with E-state index in [-0.39, 0.29) is 30.4 Å². The summed E-state index contributed by atoms with van der Waals surface area (Å²) in [5.41, 5.74) is 1.10. The maximum atomic E-state index is 12.5. The van der Waals surface area contributed by atoms with Gasteiger partial charge in [-0.3, -0.25) is 14.5 Å². The van der Waals surface area contributed by atoms with E-state index in [2.05, 4.69) is 6.92 Å². The number of hydrogen-bond donors (Lipinski definition) is 1. The molecule has 1 saturated carbocycles. The fourth-order valence-electron chi connectivity index (χ4n) is 4.17. The standard InChI is InChI=1S/C21H29NO4/c1-2-16-6-8-18(9-7-16)26-15-17(23)14-22-19(24)12-21(13-20(22)25)10-4-3-5-11-21/h6-9,17,23H,2-5,10-15H2,1H3/t17-/m1/s1. The molecule has 2 amide bonds. The molecule has 0 unspecified atom stereocenters. The summed E-state index contributed by atoms with van der Waals surface area (Å²) in [5, 5.41) is 10.2. The Bertz CT molecular complexity index is 614. The normalized spacial score (nSPS) is 21.1. The minimum Gasteiger partial charge on any atom is -0.491 e. The van der Waals surface area contributed by atoms with Gasteiger partial charge >= 0.3 is 0 Å². The highest BCUT2D eigenvalue weighted by Crippen LogP contribution is 2.45. The summed E-state index contributed by atoms with van der Waals surface area (Å²) in [4.78, 5) is 26.3. The van der Waals surface area contributed by atoms with Crippen LogP contribution in [-0.4, -0.2) is 41.1 Å². The number of benzene rings is 1. The highest BCUT2D eigenvalue weighted by molar-refractivity contribution is 5.98. The van der Waals surface area contributed by atoms with Crippen LogP contribution in [0.15, 0.2) is 24.3 Å². The largest absolute Gasteiger partial charge is 0.491 e. The zero-order chi connectivity index (χ0) is 18.6. The molecule has 142 valence electrons. The van der Waals surface area contributed by atoms with E-state index in [1.165, 1.54) is 16.9 Å². The number of hydrogen-bond acceptors (Lipinski definition) is 4. The third kappa shape index (κ3) is 4.44. The van der Waals surface area contributed by atoms with E-state index in [9.17, 15) is 14.7 Å². The number of aryl methyl sites for hydroxylation is 1. The fourth-order valence-corrected chi connectivity index (χ4v) is 4.17. The van der Waals surface area contributed by atoms with Crippen molar-refractivity contribution >= 4 is 11.8 Å². The quantitative estimate of drug-likeness (QED) is 0.793. The van der Waals surface area contributed by atoms with Crippen molar-refractivity contribution < 1.29 is 19.4 Å². The van der Waals surface area contributed by atoms with Crippen molar-refractivity contribution in [3.05, 3.63) is 29.8 Å². The number of nitrogens with zero attached hydrogens (tertiary/aromatic N) is 1. The van der Waals surface area contributed by atoms with Gasteiger partial charge in [-0.25, -0.2) is 0 Å². The van der Waals surface area contributed by atoms with E-state index < -0.39 is 6.10 Å². The van der Waals surface area contributed by atoms with Crippen LogP contribution < -0.4 is 4.74 Å². The molecule has 1 N–H and O–H groups in total. The molecule has 0 radical (unpaired) electrons. The number of ether oxygens (including phenoxy) is 1. The zero-order valence-electron chi connectivity index (χ0n) is 15.6. The molecule has 1 saturated heterocycles. The van der Waals surface area contributed by atoms with Gasteiger partial charge in [-0.1, -0.05) is 38.3 Å². The number of imide groups is 1. The van der Waals surface area contributed by atoms with Gasteiger partial charge in [0.25, 0.3) is 0 Å². The average molecular weight is 359 g/mol. The van der Waals surface area contributed by atoms with E-state index >= 15 is 0 Å². The molecular weight excluding hydrogens is 330 g/mol. The first-order chi connectivity index (χ1) is 12.5. The van der Waals surface area contributed by atoms with Gasteiger partial charge in [-0.05, 0) is 42.4 Å². The number of rotatable bonds is 6. The molecule has 3 rings (SSSR count). The number of piperidine rings is 1. The van der Waals surface area contributed by atoms with Gasteiger partial charge in [0.1, 0.15) is 18.5 Å². The first-order valence-corrected chi connectivity index (χ1v) is 9.74. The first-order valence-electron chi connectivity index (χ1n) is 9.74. The molecule has 5 nitrogen and oxygen atoms in total. The van der Waals surface area contributed by atoms with Crippen molar-refractivity contribution in [3.8, 4) is 5.75 Å². The van der Waals surface area contributed by atoms with Crippen molar-refractivity contribution in [2.45, 2.75) is 64.4 Å². The van der Waals surface area contributed by atoms with Crippen LogP contribution in [0.5, 0.6) is 5.75 Å². The Hall–Kier alpha value is -1.88. The Morgan fingerprint density at radius 2 is 1.69 bits per heavy atom. The molecule has 0 aromatic heterocycles. The molecular formula is C21H29NO4. The molecule has 5 heteroatoms. The van der Waals surface area contributed by atoms with Crippen LogP contribution in [0.4, 0.5) is 0 Å². The molecule has 1 aliphatic heterocycles. The van der Waals surface area contributed by atoms with E-state index in [0.717, 1.165) is 32.1 Å². The smallest absolute Gasteiger partial charge is 0.229 e. The highest BCUT2D eigenvalue weighted by Gasteiger charge is 2.44. The second kappa shape index (κ2) is 8.21. The zero-order valence-corrected chi connectivity index (χ0v) is 15.6. The monoisotopic (exact) mass is 359 g/mol. The Kier molecular flexibility index (Phi) is 5.97. The molecule has 1 aromatic rings. The van der Waals surface area contributed by atoms with Gasteiger partial charge in [0.15, 0.2) is 0 Å². The van der Waals surface area contributed by atoms with Crippen molar-refractivity contribution in [1.29, 1.82) is 0 Å². The van der Waals surface area contributed by atoms with E-state index in [1.54, 1.807) is 0 Å². The number of amides is 2. The summed E-state index contributed by atoms with van der Waals surface area (Å²) in [6.07, 6.45) is 6.30. The second-order valence-electron chi connectivity index (χ2n) is 7.77. The number of aliphatic hydroxyl groups excluding tert-OH is 1. The van der Waals surface area contributed by atoms with Crippen molar-refractivity contribution in [2.75, 3.05) is 13.2 Å². The Morgan fingerprint density at radius 3 is 2.27 bits per heavy atom. The maximum absolute atomic E-state index is 12.5. The van der Waals surface area contributed by atoms with Gasteiger partial charge in [-0.2, -0.15) is 0 Å². The lowest BCUT2D eigenvalue weighted by Crippen LogP contribution is -2.51. The topological polar surface area (TPSA) is 66.8 Å². The number of likely N-dealkylation sites (tertiary alicyclic amines) is 1. The third-order valence-corrected chi connectivity index (χ3v) is 5.74. The fraction of sp³-hybridized carbons (Fsp3) is 0.619. The third-order valence-electron chi connectivity index (χ3n) is 5.74. The van der Waals surface area contributed by atoms with Gasteiger partial charge in [-0.15, -0.1) is 0 Å². The lowest BCUT2D eigenvalue weighted by molar-refractivity contribution is -0.156. The van der Waals surface area contributed by atoms with Crippen LogP contribution in [-0.2, 0) is 16.0 Å². The van der Waals surface area contributed by atoms with Crippen molar-refractivity contribution in [1.82, 2.24) is 4.90 Å². The van der Waals surface area contributed by atoms with E-state index in [4.69, 9.17) is 4.74 Å². The molecule has 2 fully saturated rings. The lowest BCUT2D eigenvalue weighted by atomic mass is 9.67. The summed E-state index contributed by atoms with van der Waals surface area (Å²) in [7, 11) is 0. The van der Waals surface area contributed by atoms with Gasteiger partial charge < -0.3 is 9.84 Å². The van der Waals surface area contributed by atoms with Crippen molar-refractivity contribution in [3.63, 3.8) is 0 Å². The molecule has 1 spiro atoms. The predicted octanol–water partition coefficient (Wildman–Crippen LogP) is 3.09. The predicted molar refractivity (Wildman–Crippen MR) is 98.8 cm³/mol. The minimum absolute atomic E-state index is 0.0147. The first kappa shape index (κ1) is 18.9. The molecule has 1 heterocycles. The number of β-amino-alcohol motifs (C(OH)–C–C–N with tert-alkyl or cyclic N) is 1. The maximum Gasteiger partial charge on any atom is 0.229 e. The number of carbonyl (C=O) groups is 2. The molecule has 2 aliphatic rings. The minimum atomic E-state index is -0.880. The van der Waals surface area contributed by atoms with Crippen LogP contribution in [0, 0.1) is 5.41 Å². The Morgan fingerprint density at radius 1 is 1.08 bits per heavy atom. The summed E-state index contributed by atoms with van der Waals surface area (Å²) >= 11 is 0. The number of carbonyl (C=O) groups excluding carboxylic acids is 2. The summed E-state index contributed by atoms with van der Waals surface area (Å²) < 4.78 is 5.59. The second-order valence-corrected chi connectivity index (χ2v) is 7.77. The average Bonchev–Trinajstić information content (AvgIpc) is 2.64. The SMILES string of the molecule is CCc1ccc(OC[C@H](O)CN2C(=O)CC3(CCCCC3)CC2=O)cc1. The summed E-state index contributed by atoms with van der Waals surface area (Å²) in [5.74, 6) is 0.391. The van der Waals surface area contributed by atoms with Gasteiger partial charge in [0.2, 0.25) is 11.8 Å². The lowest BCUT2D eigenvalue weighted by Gasteiger charge is -2.42. The Labute approximate surface area is 155 Å². The summed E-state index contributed by atoms with van der Waals surface area (Å²) in [6.45, 7) is 2.16. The van der Waals surface area contributed by atoms with Gasteiger partial charge in [0.05, 0.1) is 6.54 Å². The molecule has 26 heavy (non-hydrogen) atoms. The van der Waals surface area contributed by atoms with E-state index in [1.807, 2.05) is 24.3 Å². The van der Waals surface area contributed by atoms with Crippen LogP contribution in [0.3, 0.4) is 0 Å². The summed E-state index contributed by atoms with van der Waals surface area (Å²) in [6, 6.07) is 7.72. The van der Waals surface area contributed by atoms with E-state index in [0.29, 0.717) is 18.6 Å². The Balaban J connectivity index is 1.51. The molecule has 1 aromatic carbocycles. The molecule has 0 bridgehead atoms. The van der Waals surface area contributed by atoms with Crippen LogP contribution in [0.2, 0.25) is 0 Å². The highest BCUT2D eigenvalue weighted by atomic mass is 16.5.